The molecule has 3 nitrogen and oxygen atoms in total. The van der Waals surface area contributed by atoms with Gasteiger partial charge < -0.3 is 4.52 Å². The Morgan fingerprint density at radius 2 is 1.50 bits per heavy atom. The van der Waals surface area contributed by atoms with E-state index in [2.05, 4.69) is 27.7 Å². The third-order valence-corrected chi connectivity index (χ3v) is 6.51. The van der Waals surface area contributed by atoms with Crippen LogP contribution >= 0.6 is 7.60 Å². The molecular weight excluding hydrogens is 343 g/mol. The molecule has 0 aliphatic rings. The highest BCUT2D eigenvalue weighted by Crippen LogP contribution is 2.50. The van der Waals surface area contributed by atoms with Crippen molar-refractivity contribution in [2.75, 3.05) is 12.8 Å². The summed E-state index contributed by atoms with van der Waals surface area (Å²) in [5.41, 5.74) is 1.09. The van der Waals surface area contributed by atoms with Crippen molar-refractivity contribution in [2.45, 2.75) is 91.4 Å². The molecule has 0 N–H and O–H groups in total. The van der Waals surface area contributed by atoms with Crippen LogP contribution in [0.3, 0.4) is 0 Å². The molecule has 0 radical (unpaired) electrons. The molecule has 1 aromatic carbocycles. The minimum Gasteiger partial charge on any atom is -0.424 e. The molecule has 0 amide bonds. The molecule has 1 rings (SSSR count). The van der Waals surface area contributed by atoms with E-state index in [0.717, 1.165) is 31.2 Å². The first-order valence-corrected chi connectivity index (χ1v) is 12.3. The second kappa shape index (κ2) is 13.4. The molecule has 0 saturated heterocycles. The van der Waals surface area contributed by atoms with Crippen molar-refractivity contribution in [3.8, 4) is 5.75 Å². The van der Waals surface area contributed by atoms with E-state index in [0.29, 0.717) is 24.4 Å². The van der Waals surface area contributed by atoms with Crippen molar-refractivity contribution >= 4 is 7.60 Å². The van der Waals surface area contributed by atoms with Gasteiger partial charge in [-0.3, -0.25) is 4.52 Å². The van der Waals surface area contributed by atoms with Gasteiger partial charge in [0.25, 0.3) is 0 Å². The van der Waals surface area contributed by atoms with Crippen LogP contribution in [0, 0.1) is 0 Å². The Kier molecular flexibility index (Phi) is 12.0. The van der Waals surface area contributed by atoms with Crippen LogP contribution in [0.1, 0.15) is 97.0 Å². The summed E-state index contributed by atoms with van der Waals surface area (Å²) >= 11 is 0. The van der Waals surface area contributed by atoms with Crippen molar-refractivity contribution < 1.29 is 13.6 Å². The van der Waals surface area contributed by atoms with Gasteiger partial charge in [-0.05, 0) is 30.4 Å². The van der Waals surface area contributed by atoms with E-state index in [9.17, 15) is 4.57 Å². The molecule has 0 aliphatic heterocycles. The van der Waals surface area contributed by atoms with Crippen LogP contribution in [-0.2, 0) is 9.09 Å². The summed E-state index contributed by atoms with van der Waals surface area (Å²) in [4.78, 5) is 0. The molecule has 1 atom stereocenters. The maximum absolute atomic E-state index is 13.2. The summed E-state index contributed by atoms with van der Waals surface area (Å²) in [6, 6.07) is 7.88. The summed E-state index contributed by atoms with van der Waals surface area (Å²) in [6.45, 7) is 9.11. The Bertz CT molecular complexity index is 528. The molecule has 0 saturated carbocycles. The molecule has 0 spiro atoms. The molecule has 26 heavy (non-hydrogen) atoms. The van der Waals surface area contributed by atoms with Crippen LogP contribution in [-0.4, -0.2) is 12.8 Å². The topological polar surface area (TPSA) is 35.5 Å². The lowest BCUT2D eigenvalue weighted by molar-refractivity contribution is 0.256. The smallest absolute Gasteiger partial charge is 0.379 e. The highest BCUT2D eigenvalue weighted by atomic mass is 31.2. The summed E-state index contributed by atoms with van der Waals surface area (Å²) < 4.78 is 25.1. The zero-order valence-electron chi connectivity index (χ0n) is 17.3. The van der Waals surface area contributed by atoms with E-state index in [1.54, 1.807) is 0 Å². The Labute approximate surface area is 161 Å². The Hall–Kier alpha value is -0.790. The van der Waals surface area contributed by atoms with Gasteiger partial charge in [0.2, 0.25) is 0 Å². The Morgan fingerprint density at radius 1 is 0.885 bits per heavy atom. The average Bonchev–Trinajstić information content (AvgIpc) is 2.62. The van der Waals surface area contributed by atoms with Crippen LogP contribution < -0.4 is 4.52 Å². The molecular formula is C22H39O3P. The van der Waals surface area contributed by atoms with Gasteiger partial charge in [-0.1, -0.05) is 90.8 Å². The fourth-order valence-corrected chi connectivity index (χ4v) is 4.79. The zero-order chi connectivity index (χ0) is 19.3. The number of rotatable bonds is 15. The van der Waals surface area contributed by atoms with E-state index in [1.807, 2.05) is 24.3 Å². The number of para-hydroxylation sites is 1. The van der Waals surface area contributed by atoms with Crippen LogP contribution in [0.25, 0.3) is 0 Å². The molecule has 150 valence electrons. The number of hydrogen-bond donors (Lipinski definition) is 0. The minimum absolute atomic E-state index is 0.328. The van der Waals surface area contributed by atoms with Crippen molar-refractivity contribution in [1.29, 1.82) is 0 Å². The van der Waals surface area contributed by atoms with Crippen LogP contribution in [0.15, 0.2) is 24.3 Å². The first-order chi connectivity index (χ1) is 12.5. The molecule has 1 unspecified atom stereocenters. The zero-order valence-corrected chi connectivity index (χ0v) is 18.2. The molecule has 4 heteroatoms. The van der Waals surface area contributed by atoms with Gasteiger partial charge in [0, 0.05) is 0 Å². The van der Waals surface area contributed by atoms with Crippen molar-refractivity contribution in [3.63, 3.8) is 0 Å². The average molecular weight is 383 g/mol. The largest absolute Gasteiger partial charge is 0.424 e. The van der Waals surface area contributed by atoms with E-state index in [-0.39, 0.29) is 0 Å². The quantitative estimate of drug-likeness (QED) is 0.228. The number of hydrogen-bond acceptors (Lipinski definition) is 3. The first-order valence-electron chi connectivity index (χ1n) is 10.5. The second-order valence-electron chi connectivity index (χ2n) is 7.43. The highest BCUT2D eigenvalue weighted by Gasteiger charge is 2.26. The van der Waals surface area contributed by atoms with E-state index < -0.39 is 7.60 Å². The molecule has 0 fully saturated rings. The van der Waals surface area contributed by atoms with Gasteiger partial charge in [0.05, 0.1) is 12.8 Å². The van der Waals surface area contributed by atoms with Crippen molar-refractivity contribution in [3.05, 3.63) is 29.8 Å². The molecule has 0 heterocycles. The molecule has 0 aromatic heterocycles. The Balaban J connectivity index is 2.55. The van der Waals surface area contributed by atoms with Crippen LogP contribution in [0.4, 0.5) is 0 Å². The van der Waals surface area contributed by atoms with Gasteiger partial charge in [0.15, 0.2) is 0 Å². The van der Waals surface area contributed by atoms with Gasteiger partial charge in [-0.15, -0.1) is 0 Å². The maximum Gasteiger partial charge on any atom is 0.379 e. The minimum atomic E-state index is -3.09. The fraction of sp³-hybridized carbons (Fsp3) is 0.727. The lowest BCUT2D eigenvalue weighted by Crippen LogP contribution is -2.06. The molecule has 0 aliphatic carbocycles. The highest BCUT2D eigenvalue weighted by molar-refractivity contribution is 7.54. The van der Waals surface area contributed by atoms with Gasteiger partial charge in [0.1, 0.15) is 5.75 Å². The normalized spacial score (nSPS) is 13.7. The lowest BCUT2D eigenvalue weighted by atomic mass is 10.0. The SMILES string of the molecule is CCCCCCCCCOP(=O)(CCCC)Oc1ccccc1C(C)C. The molecule has 1 aromatic rings. The van der Waals surface area contributed by atoms with Crippen LogP contribution in [0.2, 0.25) is 0 Å². The van der Waals surface area contributed by atoms with Crippen molar-refractivity contribution in [2.24, 2.45) is 0 Å². The monoisotopic (exact) mass is 382 g/mol. The van der Waals surface area contributed by atoms with E-state index in [1.165, 1.54) is 32.1 Å². The fourth-order valence-electron chi connectivity index (χ4n) is 2.94. The summed E-state index contributed by atoms with van der Waals surface area (Å²) in [7, 11) is -3.09. The Morgan fingerprint density at radius 3 is 2.15 bits per heavy atom. The van der Waals surface area contributed by atoms with E-state index in [4.69, 9.17) is 9.05 Å². The third kappa shape index (κ3) is 9.24. The maximum atomic E-state index is 13.2. The number of unbranched alkanes of at least 4 members (excludes halogenated alkanes) is 7. The van der Waals surface area contributed by atoms with Gasteiger partial charge in [-0.25, -0.2) is 4.57 Å². The van der Waals surface area contributed by atoms with Crippen molar-refractivity contribution in [1.82, 2.24) is 0 Å². The summed E-state index contributed by atoms with van der Waals surface area (Å²) in [5.74, 6) is 1.04. The van der Waals surface area contributed by atoms with Gasteiger partial charge >= 0.3 is 7.60 Å². The third-order valence-electron chi connectivity index (χ3n) is 4.60. The van der Waals surface area contributed by atoms with Crippen LogP contribution in [0.5, 0.6) is 5.75 Å². The first kappa shape index (κ1) is 23.2. The predicted molar refractivity (Wildman–Crippen MR) is 112 cm³/mol. The summed E-state index contributed by atoms with van der Waals surface area (Å²) in [6.07, 6.45) is 10.9. The lowest BCUT2D eigenvalue weighted by Gasteiger charge is -2.22. The van der Waals surface area contributed by atoms with E-state index >= 15 is 0 Å². The van der Waals surface area contributed by atoms with Gasteiger partial charge in [-0.2, -0.15) is 0 Å². The summed E-state index contributed by atoms with van der Waals surface area (Å²) in [5, 5.41) is 0. The standard InChI is InChI=1S/C22H39O3P/c1-5-7-9-10-11-12-15-18-24-26(23,19-8-6-2)25-22-17-14-13-16-21(22)20(3)4/h13-14,16-17,20H,5-12,15,18-19H2,1-4H3. The second-order valence-corrected chi connectivity index (χ2v) is 9.54. The number of benzene rings is 1. The predicted octanol–water partition coefficient (Wildman–Crippen LogP) is 7.95. The molecule has 0 bridgehead atoms.